The van der Waals surface area contributed by atoms with E-state index in [-0.39, 0.29) is 5.92 Å². The Bertz CT molecular complexity index is 481. The van der Waals surface area contributed by atoms with E-state index in [1.165, 1.54) is 12.1 Å². The normalized spacial score (nSPS) is 25.8. The van der Waals surface area contributed by atoms with Crippen LogP contribution in [0, 0.1) is 29.4 Å². The molecule has 0 amide bonds. The van der Waals surface area contributed by atoms with E-state index in [0.717, 1.165) is 31.7 Å². The number of hydrogen-bond acceptors (Lipinski definition) is 1. The molecule has 2 nitrogen and oxygen atoms in total. The fourth-order valence-corrected chi connectivity index (χ4v) is 3.61. The minimum atomic E-state index is -0.785. The van der Waals surface area contributed by atoms with E-state index in [9.17, 15) is 18.7 Å². The van der Waals surface area contributed by atoms with Crippen molar-refractivity contribution in [2.75, 3.05) is 0 Å². The summed E-state index contributed by atoms with van der Waals surface area (Å²) in [6.45, 7) is 2.13. The summed E-state index contributed by atoms with van der Waals surface area (Å²) in [4.78, 5) is 11.4. The molecular formula is C17H22F2O2. The lowest BCUT2D eigenvalue weighted by Crippen LogP contribution is -2.32. The molecule has 1 N–H and O–H groups in total. The summed E-state index contributed by atoms with van der Waals surface area (Å²) in [5.74, 6) is -1.88. The van der Waals surface area contributed by atoms with Crippen LogP contribution >= 0.6 is 0 Å². The van der Waals surface area contributed by atoms with Crippen molar-refractivity contribution in [2.45, 2.75) is 45.4 Å². The first-order chi connectivity index (χ1) is 9.99. The average molecular weight is 296 g/mol. The Labute approximate surface area is 124 Å². The van der Waals surface area contributed by atoms with Crippen LogP contribution in [0.4, 0.5) is 8.78 Å². The fraction of sp³-hybridized carbons (Fsp3) is 0.588. The van der Waals surface area contributed by atoms with Gasteiger partial charge in [0, 0.05) is 6.07 Å². The van der Waals surface area contributed by atoms with Crippen LogP contribution in [0.2, 0.25) is 0 Å². The highest BCUT2D eigenvalue weighted by molar-refractivity contribution is 5.70. The van der Waals surface area contributed by atoms with Gasteiger partial charge in [-0.2, -0.15) is 0 Å². The van der Waals surface area contributed by atoms with Crippen LogP contribution in [0.25, 0.3) is 0 Å². The maximum Gasteiger partial charge on any atom is 0.306 e. The highest BCUT2D eigenvalue weighted by Crippen LogP contribution is 2.38. The van der Waals surface area contributed by atoms with Crippen molar-refractivity contribution in [3.8, 4) is 0 Å². The minimum Gasteiger partial charge on any atom is -0.481 e. The van der Waals surface area contributed by atoms with Gasteiger partial charge in [-0.1, -0.05) is 19.8 Å². The lowest BCUT2D eigenvalue weighted by molar-refractivity contribution is -0.145. The van der Waals surface area contributed by atoms with E-state index in [4.69, 9.17) is 0 Å². The van der Waals surface area contributed by atoms with E-state index in [1.54, 1.807) is 0 Å². The Kier molecular flexibility index (Phi) is 5.32. The van der Waals surface area contributed by atoms with Crippen molar-refractivity contribution in [2.24, 2.45) is 17.8 Å². The molecule has 0 radical (unpaired) electrons. The smallest absolute Gasteiger partial charge is 0.306 e. The van der Waals surface area contributed by atoms with E-state index in [0.29, 0.717) is 24.3 Å². The zero-order valence-electron chi connectivity index (χ0n) is 12.3. The van der Waals surface area contributed by atoms with Gasteiger partial charge in [-0.05, 0) is 55.2 Å². The predicted molar refractivity (Wildman–Crippen MR) is 76.9 cm³/mol. The van der Waals surface area contributed by atoms with Gasteiger partial charge in [-0.25, -0.2) is 8.78 Å². The van der Waals surface area contributed by atoms with Crippen LogP contribution in [0.1, 0.15) is 44.6 Å². The highest BCUT2D eigenvalue weighted by Gasteiger charge is 2.34. The van der Waals surface area contributed by atoms with Gasteiger partial charge < -0.3 is 5.11 Å². The van der Waals surface area contributed by atoms with Crippen LogP contribution in [-0.2, 0) is 11.2 Å². The van der Waals surface area contributed by atoms with Gasteiger partial charge >= 0.3 is 5.97 Å². The van der Waals surface area contributed by atoms with E-state index < -0.39 is 23.5 Å². The monoisotopic (exact) mass is 296 g/mol. The quantitative estimate of drug-likeness (QED) is 0.873. The third-order valence-electron chi connectivity index (χ3n) is 4.53. The number of carboxylic acids is 1. The fourth-order valence-electron chi connectivity index (χ4n) is 3.61. The molecular weight excluding hydrogens is 274 g/mol. The van der Waals surface area contributed by atoms with Crippen molar-refractivity contribution >= 4 is 5.97 Å². The topological polar surface area (TPSA) is 37.3 Å². The predicted octanol–water partition coefficient (Wildman–Crippen LogP) is 4.42. The lowest BCUT2D eigenvalue weighted by atomic mass is 9.70. The van der Waals surface area contributed by atoms with Crippen molar-refractivity contribution in [1.29, 1.82) is 0 Å². The SMILES string of the molecule is CCCC1CCC(C(=O)O)C(Cc2cc(F)cc(F)c2)C1. The number of halogens is 2. The molecule has 0 bridgehead atoms. The molecule has 116 valence electrons. The first-order valence-corrected chi connectivity index (χ1v) is 7.67. The Morgan fingerprint density at radius 1 is 1.24 bits per heavy atom. The first kappa shape index (κ1) is 15.9. The number of aliphatic carboxylic acids is 1. The third-order valence-corrected chi connectivity index (χ3v) is 4.53. The summed E-state index contributed by atoms with van der Waals surface area (Å²) >= 11 is 0. The number of carbonyl (C=O) groups is 1. The number of hydrogen-bond donors (Lipinski definition) is 1. The Morgan fingerprint density at radius 3 is 2.48 bits per heavy atom. The Hall–Kier alpha value is -1.45. The standard InChI is InChI=1S/C17H22F2O2/c1-2-3-11-4-5-16(17(20)21)13(6-11)7-12-8-14(18)10-15(19)9-12/h8-11,13,16H,2-7H2,1H3,(H,20,21). The van der Waals surface area contributed by atoms with E-state index in [1.807, 2.05) is 0 Å². The average Bonchev–Trinajstić information content (AvgIpc) is 2.37. The molecule has 4 heteroatoms. The molecule has 1 aliphatic rings. The van der Waals surface area contributed by atoms with E-state index in [2.05, 4.69) is 6.92 Å². The van der Waals surface area contributed by atoms with Crippen molar-refractivity contribution in [3.63, 3.8) is 0 Å². The number of rotatable bonds is 5. The summed E-state index contributed by atoms with van der Waals surface area (Å²) in [6.07, 6.45) is 5.07. The largest absolute Gasteiger partial charge is 0.481 e. The Morgan fingerprint density at radius 2 is 1.90 bits per heavy atom. The summed E-state index contributed by atoms with van der Waals surface area (Å²) in [6, 6.07) is 3.47. The second kappa shape index (κ2) is 7.01. The molecule has 21 heavy (non-hydrogen) atoms. The van der Waals surface area contributed by atoms with Gasteiger partial charge in [0.15, 0.2) is 0 Å². The van der Waals surface area contributed by atoms with Gasteiger partial charge in [0.25, 0.3) is 0 Å². The zero-order valence-corrected chi connectivity index (χ0v) is 12.3. The van der Waals surface area contributed by atoms with Crippen molar-refractivity contribution < 1.29 is 18.7 Å². The van der Waals surface area contributed by atoms with Crippen LogP contribution in [0.3, 0.4) is 0 Å². The molecule has 3 unspecified atom stereocenters. The molecule has 3 atom stereocenters. The molecule has 0 aromatic heterocycles. The molecule has 1 saturated carbocycles. The van der Waals surface area contributed by atoms with Crippen molar-refractivity contribution in [3.05, 3.63) is 35.4 Å². The van der Waals surface area contributed by atoms with Crippen molar-refractivity contribution in [1.82, 2.24) is 0 Å². The molecule has 1 aromatic carbocycles. The van der Waals surface area contributed by atoms with Crippen LogP contribution in [-0.4, -0.2) is 11.1 Å². The third kappa shape index (κ3) is 4.26. The second-order valence-corrected chi connectivity index (χ2v) is 6.15. The molecule has 0 spiro atoms. The maximum atomic E-state index is 13.3. The summed E-state index contributed by atoms with van der Waals surface area (Å²) in [7, 11) is 0. The molecule has 1 aromatic rings. The lowest BCUT2D eigenvalue weighted by Gasteiger charge is -2.34. The first-order valence-electron chi connectivity index (χ1n) is 7.67. The molecule has 1 aliphatic carbocycles. The summed E-state index contributed by atoms with van der Waals surface area (Å²) < 4.78 is 26.6. The summed E-state index contributed by atoms with van der Waals surface area (Å²) in [5, 5.41) is 9.36. The van der Waals surface area contributed by atoms with E-state index >= 15 is 0 Å². The van der Waals surface area contributed by atoms with Gasteiger partial charge in [0.1, 0.15) is 11.6 Å². The zero-order chi connectivity index (χ0) is 15.4. The van der Waals surface area contributed by atoms with Gasteiger partial charge in [0.05, 0.1) is 5.92 Å². The molecule has 0 aliphatic heterocycles. The Balaban J connectivity index is 2.13. The molecule has 1 fully saturated rings. The maximum absolute atomic E-state index is 13.3. The van der Waals surface area contributed by atoms with Crippen LogP contribution in [0.15, 0.2) is 18.2 Å². The van der Waals surface area contributed by atoms with Crippen LogP contribution in [0.5, 0.6) is 0 Å². The second-order valence-electron chi connectivity index (χ2n) is 6.15. The highest BCUT2D eigenvalue weighted by atomic mass is 19.1. The molecule has 2 rings (SSSR count). The minimum absolute atomic E-state index is 0.0333. The van der Waals surface area contributed by atoms with Gasteiger partial charge in [-0.15, -0.1) is 0 Å². The van der Waals surface area contributed by atoms with Gasteiger partial charge in [0.2, 0.25) is 0 Å². The van der Waals surface area contributed by atoms with Crippen LogP contribution < -0.4 is 0 Å². The number of benzene rings is 1. The summed E-state index contributed by atoms with van der Waals surface area (Å²) in [5.41, 5.74) is 0.556. The number of carboxylic acid groups (broad SMARTS) is 1. The van der Waals surface area contributed by atoms with Gasteiger partial charge in [-0.3, -0.25) is 4.79 Å². The molecule has 0 heterocycles. The molecule has 0 saturated heterocycles.